The maximum Gasteiger partial charge on any atom is 0.115 e. The Hall–Kier alpha value is -3.85. The monoisotopic (exact) mass is 985 g/mol. The Kier molecular flexibility index (Phi) is 73.2. The van der Waals surface area contributed by atoms with Crippen molar-refractivity contribution in [3.05, 3.63) is 138 Å². The minimum absolute atomic E-state index is 0.356. The first-order valence-corrected chi connectivity index (χ1v) is 29.2. The number of rotatable bonds is 30. The number of hydrogen-bond donors (Lipinski definition) is 2. The van der Waals surface area contributed by atoms with Gasteiger partial charge in [-0.2, -0.15) is 0 Å². The molecule has 1 aromatic rings. The molecule has 0 aromatic heterocycles. The molecule has 0 saturated heterocycles. The van der Waals surface area contributed by atoms with Gasteiger partial charge in [0.15, 0.2) is 0 Å². The van der Waals surface area contributed by atoms with Crippen molar-refractivity contribution in [1.82, 2.24) is 4.90 Å². The van der Waals surface area contributed by atoms with Crippen LogP contribution in [-0.4, -0.2) is 29.3 Å². The summed E-state index contributed by atoms with van der Waals surface area (Å²) in [6.07, 6.45) is 50.1. The zero-order valence-electron chi connectivity index (χ0n) is 51.0. The van der Waals surface area contributed by atoms with E-state index in [4.69, 9.17) is 10.5 Å². The molecule has 0 aliphatic rings. The van der Waals surface area contributed by atoms with Gasteiger partial charge in [-0.15, -0.1) is 0 Å². The summed E-state index contributed by atoms with van der Waals surface area (Å²) < 4.78 is 0. The van der Waals surface area contributed by atoms with Crippen molar-refractivity contribution in [2.45, 2.75) is 259 Å². The third kappa shape index (κ3) is 58.6. The van der Waals surface area contributed by atoms with E-state index in [1.807, 2.05) is 51.1 Å². The van der Waals surface area contributed by atoms with Gasteiger partial charge in [0.05, 0.1) is 0 Å². The lowest BCUT2D eigenvalue weighted by Gasteiger charge is -2.31. The summed E-state index contributed by atoms with van der Waals surface area (Å²) in [5, 5.41) is 15.8. The molecule has 1 rings (SSSR count). The van der Waals surface area contributed by atoms with Crippen LogP contribution in [0.3, 0.4) is 0 Å². The van der Waals surface area contributed by atoms with Crippen molar-refractivity contribution < 1.29 is 5.11 Å². The van der Waals surface area contributed by atoms with Gasteiger partial charge >= 0.3 is 0 Å². The van der Waals surface area contributed by atoms with E-state index < -0.39 is 0 Å². The highest BCUT2D eigenvalue weighted by Gasteiger charge is 2.16. The van der Waals surface area contributed by atoms with Crippen LogP contribution in [0.5, 0.6) is 5.75 Å². The van der Waals surface area contributed by atoms with Gasteiger partial charge < -0.3 is 15.4 Å². The van der Waals surface area contributed by atoms with Crippen molar-refractivity contribution >= 4 is 6.21 Å². The van der Waals surface area contributed by atoms with Gasteiger partial charge in [0.1, 0.15) is 5.75 Å². The molecule has 2 N–H and O–H groups in total. The Balaban J connectivity index is -0.000000178. The molecule has 0 unspecified atom stereocenters. The van der Waals surface area contributed by atoms with Gasteiger partial charge in [-0.1, -0.05) is 245 Å². The Morgan fingerprint density at radius 1 is 0.592 bits per heavy atom. The molecular formula is C68H124N2O. The summed E-state index contributed by atoms with van der Waals surface area (Å²) in [5.41, 5.74) is 8.12. The molecule has 0 fully saturated rings. The Labute approximate surface area is 447 Å². The molecule has 0 saturated carbocycles. The Morgan fingerprint density at radius 2 is 1.10 bits per heavy atom. The van der Waals surface area contributed by atoms with Crippen molar-refractivity contribution in [2.75, 3.05) is 13.1 Å². The van der Waals surface area contributed by atoms with Gasteiger partial charge in [0.25, 0.3) is 0 Å². The SMILES string of the molecule is C/C=C\C=C(/C)CC.C=C(C(CCC)CCC)N(CCC)CCC.C=C(CCCC)C(CCC)CCC.CCCC.CCCC=C/C(=C\C=N)CC.CCc1cccc(O)c1.C\C=C/C(=C\C=C\C)CC. The van der Waals surface area contributed by atoms with Crippen LogP contribution >= 0.6 is 0 Å². The molecule has 1 aromatic carbocycles. The van der Waals surface area contributed by atoms with Gasteiger partial charge in [0.2, 0.25) is 0 Å². The van der Waals surface area contributed by atoms with Gasteiger partial charge in [0, 0.05) is 25.0 Å². The summed E-state index contributed by atoms with van der Waals surface area (Å²) in [6.45, 7) is 50.1. The van der Waals surface area contributed by atoms with Gasteiger partial charge in [-0.25, -0.2) is 0 Å². The predicted molar refractivity (Wildman–Crippen MR) is 333 cm³/mol. The maximum atomic E-state index is 8.94. The molecule has 3 heteroatoms. The highest BCUT2D eigenvalue weighted by molar-refractivity contribution is 5.69. The van der Waals surface area contributed by atoms with Crippen LogP contribution in [0, 0.1) is 17.2 Å². The number of unbranched alkanes of at least 4 members (excludes halogenated alkanes) is 3. The lowest BCUT2D eigenvalue weighted by Crippen LogP contribution is -2.28. The molecule has 3 nitrogen and oxygen atoms in total. The first kappa shape index (κ1) is 78.6. The standard InChI is InChI=1S/C15H31N.C13H26.C10H17N.C10H16.C8H10O.C8H14.C4H10/c1-6-10-15(11-7-2)14(5)16(12-8-3)13-9-4;1-5-8-11-12(4)13(9-6-2)10-7-3;1-3-5-6-7-10(4-2)8-9-11;1-4-7-9-10(6-3)8-5-2;1-2-7-4-3-5-8(9)6-7;1-4-6-7-8(3)5-2;1-3-4-2/h15H,5-13H2,1-4H3;13H,4-11H2,1-3H3;6-9,11H,3-5H2,1-2H3;4-5,7-9H,6H2,1-3H3;3-6,9H,2H2,1H3;4,6-7H,5H2,1-3H3;3-4H2,1-2H3/b;;7-6?,10-8-,11-9?;7-4+,8-5-,10-9-;;6-4-,8-7+;. The van der Waals surface area contributed by atoms with E-state index in [0.717, 1.165) is 38.0 Å². The normalized spacial score (nSPS) is 11.4. The second-order valence-corrected chi connectivity index (χ2v) is 18.3. The quantitative estimate of drug-likeness (QED) is 0.0458. The number of aryl methyl sites for hydroxylation is 1. The summed E-state index contributed by atoms with van der Waals surface area (Å²) >= 11 is 0. The molecule has 0 radical (unpaired) electrons. The molecule has 0 aliphatic heterocycles. The number of aromatic hydroxyl groups is 1. The van der Waals surface area contributed by atoms with E-state index in [2.05, 4.69) is 171 Å². The lowest BCUT2D eigenvalue weighted by molar-refractivity contribution is 0.288. The van der Waals surface area contributed by atoms with Crippen LogP contribution in [0.25, 0.3) is 0 Å². The van der Waals surface area contributed by atoms with Gasteiger partial charge in [-0.05, 0) is 158 Å². The number of nitrogens with one attached hydrogen (secondary N) is 1. The molecule has 0 spiro atoms. The van der Waals surface area contributed by atoms with E-state index >= 15 is 0 Å². The summed E-state index contributed by atoms with van der Waals surface area (Å²) in [7, 11) is 0. The smallest absolute Gasteiger partial charge is 0.115 e. The number of hydrogen-bond acceptors (Lipinski definition) is 3. The van der Waals surface area contributed by atoms with Crippen molar-refractivity contribution in [3.63, 3.8) is 0 Å². The largest absolute Gasteiger partial charge is 0.508 e. The van der Waals surface area contributed by atoms with E-state index in [1.54, 1.807) is 12.1 Å². The van der Waals surface area contributed by atoms with E-state index in [-0.39, 0.29) is 0 Å². The van der Waals surface area contributed by atoms with Gasteiger partial charge in [-0.3, -0.25) is 0 Å². The highest BCUT2D eigenvalue weighted by atomic mass is 16.3. The first-order valence-electron chi connectivity index (χ1n) is 29.2. The first-order chi connectivity index (χ1) is 34.2. The number of phenols is 1. The second-order valence-electron chi connectivity index (χ2n) is 18.3. The number of benzene rings is 1. The maximum absolute atomic E-state index is 8.94. The molecule has 0 heterocycles. The summed E-state index contributed by atoms with van der Waals surface area (Å²) in [4.78, 5) is 2.51. The van der Waals surface area contributed by atoms with Crippen molar-refractivity contribution in [3.8, 4) is 5.75 Å². The minimum Gasteiger partial charge on any atom is -0.508 e. The molecule has 0 aliphatic carbocycles. The van der Waals surface area contributed by atoms with Crippen LogP contribution < -0.4 is 0 Å². The van der Waals surface area contributed by atoms with E-state index in [9.17, 15) is 0 Å². The molecular weight excluding hydrogens is 861 g/mol. The van der Waals surface area contributed by atoms with Crippen LogP contribution in [0.1, 0.15) is 259 Å². The zero-order chi connectivity index (χ0) is 55.4. The fourth-order valence-corrected chi connectivity index (χ4v) is 6.91. The van der Waals surface area contributed by atoms with Crippen molar-refractivity contribution in [2.24, 2.45) is 11.8 Å². The van der Waals surface area contributed by atoms with Crippen molar-refractivity contribution in [1.29, 1.82) is 5.41 Å². The third-order valence-electron chi connectivity index (χ3n) is 11.6. The molecule has 0 amide bonds. The Morgan fingerprint density at radius 3 is 1.46 bits per heavy atom. The lowest BCUT2D eigenvalue weighted by atomic mass is 9.88. The number of allylic oxidation sites excluding steroid dienone is 16. The summed E-state index contributed by atoms with van der Waals surface area (Å²) in [5.74, 6) is 1.88. The number of phenolic OH excluding ortho intramolecular Hbond substituents is 1. The molecule has 412 valence electrons. The molecule has 0 bridgehead atoms. The van der Waals surface area contributed by atoms with Crippen LogP contribution in [0.4, 0.5) is 0 Å². The topological polar surface area (TPSA) is 47.3 Å². The summed E-state index contributed by atoms with van der Waals surface area (Å²) in [6, 6.07) is 7.31. The Bertz CT molecular complexity index is 1460. The van der Waals surface area contributed by atoms with Crippen LogP contribution in [0.2, 0.25) is 0 Å². The van der Waals surface area contributed by atoms with Crippen LogP contribution in [0.15, 0.2) is 132 Å². The van der Waals surface area contributed by atoms with E-state index in [0.29, 0.717) is 11.7 Å². The average molecular weight is 986 g/mol. The molecule has 71 heavy (non-hydrogen) atoms. The minimum atomic E-state index is 0.356. The fraction of sp³-hybridized carbons (Fsp3) is 0.632. The fourth-order valence-electron chi connectivity index (χ4n) is 6.91. The number of nitrogens with zero attached hydrogens (tertiary/aromatic N) is 1. The average Bonchev–Trinajstić information content (AvgIpc) is 3.38. The highest BCUT2D eigenvalue weighted by Crippen LogP contribution is 2.26. The second kappa shape index (κ2) is 66.2. The zero-order valence-corrected chi connectivity index (χ0v) is 51.0. The van der Waals surface area contributed by atoms with E-state index in [1.165, 1.54) is 156 Å². The predicted octanol–water partition coefficient (Wildman–Crippen LogP) is 23.3. The third-order valence-corrected chi connectivity index (χ3v) is 11.6. The molecule has 0 atom stereocenters. The van der Waals surface area contributed by atoms with Crippen LogP contribution in [-0.2, 0) is 6.42 Å².